The van der Waals surface area contributed by atoms with Crippen LogP contribution in [-0.2, 0) is 9.47 Å². The van der Waals surface area contributed by atoms with E-state index in [2.05, 4.69) is 4.90 Å². The third-order valence-corrected chi connectivity index (χ3v) is 4.45. The van der Waals surface area contributed by atoms with E-state index in [-0.39, 0.29) is 5.92 Å². The van der Waals surface area contributed by atoms with Crippen LogP contribution < -0.4 is 0 Å². The maximum Gasteiger partial charge on any atom is 0.0706 e. The van der Waals surface area contributed by atoms with Gasteiger partial charge in [-0.3, -0.25) is 4.90 Å². The van der Waals surface area contributed by atoms with Crippen molar-refractivity contribution in [2.45, 2.75) is 44.8 Å². The standard InChI is InChI=1S/C14H27NO3/c1-3-17-10-8-15-7-4-5-13(15)12-11-18-9-6-14(12,2)16/h12-13,16H,3-11H2,1-2H3/t12-,13+,14+/m0/s1. The van der Waals surface area contributed by atoms with Crippen LogP contribution in [0, 0.1) is 5.92 Å². The number of ether oxygens (including phenoxy) is 2. The van der Waals surface area contributed by atoms with Crippen LogP contribution in [0.3, 0.4) is 0 Å². The van der Waals surface area contributed by atoms with E-state index in [1.54, 1.807) is 0 Å². The minimum absolute atomic E-state index is 0.246. The molecule has 106 valence electrons. The van der Waals surface area contributed by atoms with E-state index in [0.29, 0.717) is 19.3 Å². The predicted molar refractivity (Wildman–Crippen MR) is 70.6 cm³/mol. The van der Waals surface area contributed by atoms with Crippen molar-refractivity contribution in [1.29, 1.82) is 0 Å². The third-order valence-electron chi connectivity index (χ3n) is 4.45. The first-order valence-corrected chi connectivity index (χ1v) is 7.27. The van der Waals surface area contributed by atoms with Crippen molar-refractivity contribution in [3.63, 3.8) is 0 Å². The van der Waals surface area contributed by atoms with Crippen LogP contribution in [0.1, 0.15) is 33.1 Å². The second-order valence-corrected chi connectivity index (χ2v) is 5.73. The van der Waals surface area contributed by atoms with Gasteiger partial charge in [-0.15, -0.1) is 0 Å². The van der Waals surface area contributed by atoms with Gasteiger partial charge in [0.15, 0.2) is 0 Å². The van der Waals surface area contributed by atoms with Crippen LogP contribution in [-0.4, -0.2) is 61.2 Å². The van der Waals surface area contributed by atoms with E-state index in [4.69, 9.17) is 9.47 Å². The highest BCUT2D eigenvalue weighted by molar-refractivity contribution is 4.96. The molecular weight excluding hydrogens is 230 g/mol. The number of rotatable bonds is 5. The van der Waals surface area contributed by atoms with Gasteiger partial charge < -0.3 is 14.6 Å². The predicted octanol–water partition coefficient (Wildman–Crippen LogP) is 1.27. The SMILES string of the molecule is CCOCCN1CCC[C@@H]1[C@@H]1COCC[C@@]1(C)O. The lowest BCUT2D eigenvalue weighted by Gasteiger charge is -2.43. The first kappa shape index (κ1) is 14.3. The fourth-order valence-electron chi connectivity index (χ4n) is 3.29. The molecule has 0 radical (unpaired) electrons. The molecule has 0 aromatic heterocycles. The minimum atomic E-state index is -0.572. The molecule has 0 amide bonds. The summed E-state index contributed by atoms with van der Waals surface area (Å²) >= 11 is 0. The molecule has 4 nitrogen and oxygen atoms in total. The normalized spacial score (nSPS) is 38.2. The van der Waals surface area contributed by atoms with Crippen LogP contribution in [0.25, 0.3) is 0 Å². The highest BCUT2D eigenvalue weighted by Crippen LogP contribution is 2.35. The summed E-state index contributed by atoms with van der Waals surface area (Å²) in [5, 5.41) is 10.5. The number of nitrogens with zero attached hydrogens (tertiary/aromatic N) is 1. The smallest absolute Gasteiger partial charge is 0.0706 e. The summed E-state index contributed by atoms with van der Waals surface area (Å²) in [4.78, 5) is 2.48. The summed E-state index contributed by atoms with van der Waals surface area (Å²) in [6, 6.07) is 0.459. The van der Waals surface area contributed by atoms with Crippen molar-refractivity contribution in [3.05, 3.63) is 0 Å². The molecule has 0 aromatic carbocycles. The van der Waals surface area contributed by atoms with Crippen LogP contribution in [0.15, 0.2) is 0 Å². The second-order valence-electron chi connectivity index (χ2n) is 5.73. The van der Waals surface area contributed by atoms with Gasteiger partial charge in [0.1, 0.15) is 0 Å². The summed E-state index contributed by atoms with van der Waals surface area (Å²) in [5.74, 6) is 0.246. The molecule has 2 rings (SSSR count). The molecule has 0 aliphatic carbocycles. The second kappa shape index (κ2) is 6.33. The summed E-state index contributed by atoms with van der Waals surface area (Å²) in [6.45, 7) is 9.07. The Bertz CT molecular complexity index is 257. The average molecular weight is 257 g/mol. The zero-order valence-electron chi connectivity index (χ0n) is 11.7. The van der Waals surface area contributed by atoms with Crippen molar-refractivity contribution >= 4 is 0 Å². The maximum absolute atomic E-state index is 10.5. The van der Waals surface area contributed by atoms with Gasteiger partial charge in [0.25, 0.3) is 0 Å². The zero-order valence-corrected chi connectivity index (χ0v) is 11.7. The Morgan fingerprint density at radius 3 is 3.06 bits per heavy atom. The Hall–Kier alpha value is -0.160. The van der Waals surface area contributed by atoms with E-state index in [1.807, 2.05) is 13.8 Å². The van der Waals surface area contributed by atoms with Crippen molar-refractivity contribution in [1.82, 2.24) is 4.90 Å². The quantitative estimate of drug-likeness (QED) is 0.753. The van der Waals surface area contributed by atoms with Gasteiger partial charge in [-0.25, -0.2) is 0 Å². The molecule has 18 heavy (non-hydrogen) atoms. The largest absolute Gasteiger partial charge is 0.390 e. The number of hydrogen-bond donors (Lipinski definition) is 1. The number of hydrogen-bond acceptors (Lipinski definition) is 4. The lowest BCUT2D eigenvalue weighted by atomic mass is 9.79. The molecule has 2 aliphatic rings. The molecule has 4 heteroatoms. The Balaban J connectivity index is 1.93. The van der Waals surface area contributed by atoms with Crippen molar-refractivity contribution in [2.24, 2.45) is 5.92 Å². The lowest BCUT2D eigenvalue weighted by molar-refractivity contribution is -0.123. The van der Waals surface area contributed by atoms with E-state index in [0.717, 1.165) is 32.7 Å². The van der Waals surface area contributed by atoms with Crippen molar-refractivity contribution in [3.8, 4) is 0 Å². The zero-order chi connectivity index (χ0) is 13.0. The van der Waals surface area contributed by atoms with Gasteiger partial charge in [-0.05, 0) is 39.7 Å². The number of likely N-dealkylation sites (tertiary alicyclic amines) is 1. The van der Waals surface area contributed by atoms with E-state index >= 15 is 0 Å². The fraction of sp³-hybridized carbons (Fsp3) is 1.00. The average Bonchev–Trinajstić information content (AvgIpc) is 2.77. The first-order chi connectivity index (χ1) is 8.65. The Morgan fingerprint density at radius 1 is 1.50 bits per heavy atom. The van der Waals surface area contributed by atoms with Crippen LogP contribution >= 0.6 is 0 Å². The summed E-state index contributed by atoms with van der Waals surface area (Å²) < 4.78 is 11.0. The molecule has 2 saturated heterocycles. The number of aliphatic hydroxyl groups is 1. The Morgan fingerprint density at radius 2 is 2.33 bits per heavy atom. The first-order valence-electron chi connectivity index (χ1n) is 7.27. The van der Waals surface area contributed by atoms with E-state index < -0.39 is 5.60 Å². The van der Waals surface area contributed by atoms with Gasteiger partial charge >= 0.3 is 0 Å². The van der Waals surface area contributed by atoms with Gasteiger partial charge in [-0.2, -0.15) is 0 Å². The third kappa shape index (κ3) is 3.23. The van der Waals surface area contributed by atoms with E-state index in [9.17, 15) is 5.11 Å². The molecule has 0 bridgehead atoms. The highest BCUT2D eigenvalue weighted by atomic mass is 16.5. The summed E-state index contributed by atoms with van der Waals surface area (Å²) in [6.07, 6.45) is 3.16. The molecular formula is C14H27NO3. The molecule has 2 fully saturated rings. The summed E-state index contributed by atoms with van der Waals surface area (Å²) in [7, 11) is 0. The lowest BCUT2D eigenvalue weighted by Crippen LogP contribution is -2.52. The van der Waals surface area contributed by atoms with Gasteiger partial charge in [0.2, 0.25) is 0 Å². The van der Waals surface area contributed by atoms with Gasteiger partial charge in [-0.1, -0.05) is 0 Å². The monoisotopic (exact) mass is 257 g/mol. The maximum atomic E-state index is 10.5. The highest BCUT2D eigenvalue weighted by Gasteiger charge is 2.43. The molecule has 2 aliphatic heterocycles. The van der Waals surface area contributed by atoms with Crippen LogP contribution in [0.4, 0.5) is 0 Å². The topological polar surface area (TPSA) is 41.9 Å². The van der Waals surface area contributed by atoms with Gasteiger partial charge in [0.05, 0.1) is 18.8 Å². The molecule has 0 aromatic rings. The summed E-state index contributed by atoms with van der Waals surface area (Å²) in [5.41, 5.74) is -0.572. The molecule has 3 atom stereocenters. The molecule has 2 heterocycles. The Kier molecular flexibility index (Phi) is 5.01. The molecule has 0 spiro atoms. The molecule has 0 unspecified atom stereocenters. The van der Waals surface area contributed by atoms with Crippen molar-refractivity contribution < 1.29 is 14.6 Å². The Labute approximate surface area is 110 Å². The van der Waals surface area contributed by atoms with Crippen molar-refractivity contribution in [2.75, 3.05) is 39.5 Å². The van der Waals surface area contributed by atoms with E-state index in [1.165, 1.54) is 12.8 Å². The van der Waals surface area contributed by atoms with Crippen LogP contribution in [0.2, 0.25) is 0 Å². The van der Waals surface area contributed by atoms with Crippen LogP contribution in [0.5, 0.6) is 0 Å². The minimum Gasteiger partial charge on any atom is -0.390 e. The van der Waals surface area contributed by atoms with Gasteiger partial charge in [0, 0.05) is 31.7 Å². The fourth-order valence-corrected chi connectivity index (χ4v) is 3.29. The molecule has 0 saturated carbocycles. The molecule has 1 N–H and O–H groups in total.